The molecular formula is C19H21ClN4. The Morgan fingerprint density at radius 1 is 1.08 bits per heavy atom. The second kappa shape index (κ2) is 8.08. The van der Waals surface area contributed by atoms with Crippen molar-refractivity contribution >= 4 is 11.6 Å². The molecule has 4 nitrogen and oxygen atoms in total. The lowest BCUT2D eigenvalue weighted by atomic mass is 10.2. The second-order valence-corrected chi connectivity index (χ2v) is 6.10. The van der Waals surface area contributed by atoms with Gasteiger partial charge in [-0.2, -0.15) is 5.10 Å². The zero-order chi connectivity index (χ0) is 16.8. The monoisotopic (exact) mass is 340 g/mol. The van der Waals surface area contributed by atoms with Gasteiger partial charge in [0.15, 0.2) is 0 Å². The molecule has 0 bridgehead atoms. The summed E-state index contributed by atoms with van der Waals surface area (Å²) >= 11 is 6.52. The second-order valence-electron chi connectivity index (χ2n) is 5.75. The lowest BCUT2D eigenvalue weighted by molar-refractivity contribution is 0.672. The van der Waals surface area contributed by atoms with Crippen LogP contribution in [-0.2, 0) is 19.5 Å². The van der Waals surface area contributed by atoms with E-state index in [1.54, 1.807) is 0 Å². The molecule has 124 valence electrons. The molecule has 0 aliphatic rings. The average Bonchev–Trinajstić information content (AvgIpc) is 2.87. The van der Waals surface area contributed by atoms with Crippen LogP contribution in [0.1, 0.15) is 22.5 Å². The molecule has 5 heteroatoms. The maximum absolute atomic E-state index is 6.52. The summed E-state index contributed by atoms with van der Waals surface area (Å²) < 4.78 is 1.86. The first-order chi connectivity index (χ1) is 11.7. The Kier molecular flexibility index (Phi) is 5.62. The number of halogens is 1. The number of rotatable bonds is 7. The third kappa shape index (κ3) is 4.22. The van der Waals surface area contributed by atoms with Gasteiger partial charge >= 0.3 is 0 Å². The molecule has 0 saturated heterocycles. The number of aryl methyl sites for hydroxylation is 1. The van der Waals surface area contributed by atoms with Gasteiger partial charge in [0.25, 0.3) is 0 Å². The lowest BCUT2D eigenvalue weighted by Crippen LogP contribution is -2.17. The maximum Gasteiger partial charge on any atom is 0.132 e. The molecule has 3 aromatic rings. The van der Waals surface area contributed by atoms with Crippen molar-refractivity contribution in [2.75, 3.05) is 6.54 Å². The van der Waals surface area contributed by atoms with Crippen molar-refractivity contribution < 1.29 is 0 Å². The molecule has 0 spiro atoms. The van der Waals surface area contributed by atoms with Gasteiger partial charge < -0.3 is 5.32 Å². The number of pyridine rings is 1. The molecule has 0 aliphatic heterocycles. The fourth-order valence-electron chi connectivity index (χ4n) is 2.63. The predicted octanol–water partition coefficient (Wildman–Crippen LogP) is 3.62. The van der Waals surface area contributed by atoms with E-state index in [1.807, 2.05) is 54.2 Å². The number of hydrogen-bond donors (Lipinski definition) is 1. The number of benzene rings is 1. The van der Waals surface area contributed by atoms with E-state index < -0.39 is 0 Å². The van der Waals surface area contributed by atoms with E-state index in [-0.39, 0.29) is 0 Å². The van der Waals surface area contributed by atoms with Crippen molar-refractivity contribution in [2.45, 2.75) is 26.4 Å². The maximum atomic E-state index is 6.52. The fraction of sp³-hybridized carbons (Fsp3) is 0.263. The summed E-state index contributed by atoms with van der Waals surface area (Å²) in [7, 11) is 0. The first-order valence-electron chi connectivity index (χ1n) is 8.10. The number of aromatic nitrogens is 3. The van der Waals surface area contributed by atoms with Crippen molar-refractivity contribution in [3.63, 3.8) is 0 Å². The quantitative estimate of drug-likeness (QED) is 0.668. The fourth-order valence-corrected chi connectivity index (χ4v) is 2.93. The first-order valence-corrected chi connectivity index (χ1v) is 8.48. The Morgan fingerprint density at radius 2 is 1.88 bits per heavy atom. The highest BCUT2D eigenvalue weighted by Crippen LogP contribution is 2.20. The van der Waals surface area contributed by atoms with Crippen molar-refractivity contribution in [2.24, 2.45) is 0 Å². The lowest BCUT2D eigenvalue weighted by Gasteiger charge is -2.06. The minimum atomic E-state index is 0.689. The minimum absolute atomic E-state index is 0.689. The van der Waals surface area contributed by atoms with Crippen LogP contribution in [-0.4, -0.2) is 21.3 Å². The third-order valence-electron chi connectivity index (χ3n) is 3.94. The van der Waals surface area contributed by atoms with Crippen LogP contribution in [0.2, 0.25) is 5.15 Å². The predicted molar refractivity (Wildman–Crippen MR) is 97.2 cm³/mol. The van der Waals surface area contributed by atoms with Gasteiger partial charge in [-0.25, -0.2) is 4.68 Å². The van der Waals surface area contributed by atoms with Gasteiger partial charge in [-0.3, -0.25) is 4.98 Å². The molecular weight excluding hydrogens is 320 g/mol. The molecule has 3 rings (SSSR count). The topological polar surface area (TPSA) is 42.7 Å². The molecule has 0 fully saturated rings. The third-order valence-corrected chi connectivity index (χ3v) is 4.37. The smallest absolute Gasteiger partial charge is 0.132 e. The van der Waals surface area contributed by atoms with Crippen LogP contribution in [0.4, 0.5) is 0 Å². The Bertz CT molecular complexity index is 769. The molecule has 1 aromatic carbocycles. The van der Waals surface area contributed by atoms with Gasteiger partial charge in [0.1, 0.15) is 5.15 Å². The van der Waals surface area contributed by atoms with Gasteiger partial charge in [-0.15, -0.1) is 0 Å². The number of nitrogens with one attached hydrogen (secondary N) is 1. The molecule has 1 N–H and O–H groups in total. The normalized spacial score (nSPS) is 10.9. The van der Waals surface area contributed by atoms with Gasteiger partial charge in [0, 0.05) is 37.0 Å². The van der Waals surface area contributed by atoms with E-state index in [2.05, 4.69) is 27.5 Å². The highest BCUT2D eigenvalue weighted by molar-refractivity contribution is 6.30. The van der Waals surface area contributed by atoms with Crippen LogP contribution in [0.25, 0.3) is 0 Å². The summed E-state index contributed by atoms with van der Waals surface area (Å²) in [5.74, 6) is 0. The standard InChI is InChI=1S/C19H21ClN4/c1-15-18(13-21-12-10-17-9-5-6-11-22-17)19(20)24(23-15)14-16-7-3-2-4-8-16/h2-9,11,21H,10,12-14H2,1H3. The van der Waals surface area contributed by atoms with E-state index in [1.165, 1.54) is 5.56 Å². The average molecular weight is 341 g/mol. The molecule has 0 atom stereocenters. The van der Waals surface area contributed by atoms with Gasteiger partial charge in [-0.05, 0) is 24.6 Å². The van der Waals surface area contributed by atoms with Crippen LogP contribution in [0.3, 0.4) is 0 Å². The largest absolute Gasteiger partial charge is 0.312 e. The Labute approximate surface area is 147 Å². The molecule has 2 aromatic heterocycles. The highest BCUT2D eigenvalue weighted by atomic mass is 35.5. The molecule has 0 amide bonds. The summed E-state index contributed by atoms with van der Waals surface area (Å²) in [6.07, 6.45) is 2.72. The van der Waals surface area contributed by atoms with E-state index in [4.69, 9.17) is 11.6 Å². The van der Waals surface area contributed by atoms with Gasteiger partial charge in [0.2, 0.25) is 0 Å². The van der Waals surface area contributed by atoms with Crippen LogP contribution in [0.15, 0.2) is 54.7 Å². The number of nitrogens with zero attached hydrogens (tertiary/aromatic N) is 3. The van der Waals surface area contributed by atoms with Crippen LogP contribution < -0.4 is 5.32 Å². The van der Waals surface area contributed by atoms with E-state index in [0.29, 0.717) is 18.2 Å². The minimum Gasteiger partial charge on any atom is -0.312 e. The molecule has 0 radical (unpaired) electrons. The summed E-state index contributed by atoms with van der Waals surface area (Å²) in [6.45, 7) is 4.26. The van der Waals surface area contributed by atoms with E-state index in [9.17, 15) is 0 Å². The van der Waals surface area contributed by atoms with Crippen LogP contribution in [0.5, 0.6) is 0 Å². The van der Waals surface area contributed by atoms with Gasteiger partial charge in [0.05, 0.1) is 12.2 Å². The number of hydrogen-bond acceptors (Lipinski definition) is 3. The Balaban J connectivity index is 1.58. The van der Waals surface area contributed by atoms with Gasteiger partial charge in [-0.1, -0.05) is 48.0 Å². The Hall–Kier alpha value is -2.17. The summed E-state index contributed by atoms with van der Waals surface area (Å²) in [4.78, 5) is 4.33. The zero-order valence-corrected chi connectivity index (χ0v) is 14.5. The molecule has 24 heavy (non-hydrogen) atoms. The zero-order valence-electron chi connectivity index (χ0n) is 13.7. The summed E-state index contributed by atoms with van der Waals surface area (Å²) in [5.41, 5.74) is 4.32. The summed E-state index contributed by atoms with van der Waals surface area (Å²) in [6, 6.07) is 16.2. The van der Waals surface area contributed by atoms with Crippen molar-refractivity contribution in [3.8, 4) is 0 Å². The molecule has 0 aliphatic carbocycles. The highest BCUT2D eigenvalue weighted by Gasteiger charge is 2.13. The van der Waals surface area contributed by atoms with Crippen molar-refractivity contribution in [1.29, 1.82) is 0 Å². The van der Waals surface area contributed by atoms with Crippen molar-refractivity contribution in [1.82, 2.24) is 20.1 Å². The molecule has 0 saturated carbocycles. The molecule has 0 unspecified atom stereocenters. The first kappa shape index (κ1) is 16.7. The van der Waals surface area contributed by atoms with Crippen LogP contribution in [0, 0.1) is 6.92 Å². The summed E-state index contributed by atoms with van der Waals surface area (Å²) in [5, 5.41) is 8.72. The Morgan fingerprint density at radius 3 is 2.62 bits per heavy atom. The van der Waals surface area contributed by atoms with E-state index >= 15 is 0 Å². The van der Waals surface area contributed by atoms with Crippen LogP contribution >= 0.6 is 11.6 Å². The SMILES string of the molecule is Cc1nn(Cc2ccccc2)c(Cl)c1CNCCc1ccccn1. The van der Waals surface area contributed by atoms with E-state index in [0.717, 1.165) is 29.9 Å². The van der Waals surface area contributed by atoms with Crippen molar-refractivity contribution in [3.05, 3.63) is 82.4 Å². The molecule has 2 heterocycles.